The molecule has 0 radical (unpaired) electrons. The average molecular weight is 293 g/mol. The summed E-state index contributed by atoms with van der Waals surface area (Å²) in [6.07, 6.45) is 2.97. The van der Waals surface area contributed by atoms with Crippen molar-refractivity contribution in [3.8, 4) is 0 Å². The molecule has 0 aliphatic heterocycles. The molecule has 1 atom stereocenters. The van der Waals surface area contributed by atoms with Crippen LogP contribution in [-0.4, -0.2) is 35.3 Å². The van der Waals surface area contributed by atoms with Crippen molar-refractivity contribution >= 4 is 16.9 Å². The van der Waals surface area contributed by atoms with E-state index >= 15 is 0 Å². The normalized spacial score (nSPS) is 12.3. The highest BCUT2D eigenvalue weighted by Gasteiger charge is 2.08. The first-order chi connectivity index (χ1) is 10.1. The summed E-state index contributed by atoms with van der Waals surface area (Å²) in [6, 6.07) is 4.27. The summed E-state index contributed by atoms with van der Waals surface area (Å²) in [7, 11) is 0. The fourth-order valence-corrected chi connectivity index (χ4v) is 2.21. The van der Waals surface area contributed by atoms with E-state index in [0.717, 1.165) is 16.5 Å². The Morgan fingerprint density at radius 3 is 3.05 bits per heavy atom. The van der Waals surface area contributed by atoms with E-state index in [1.165, 1.54) is 12.1 Å². The molecule has 4 N–H and O–H groups in total. The minimum Gasteiger partial charge on any atom is -0.396 e. The average Bonchev–Trinajstić information content (AvgIpc) is 2.81. The van der Waals surface area contributed by atoms with E-state index in [-0.39, 0.29) is 24.5 Å². The second-order valence-electron chi connectivity index (χ2n) is 5.07. The third-order valence-corrected chi connectivity index (χ3v) is 3.35. The molecule has 0 saturated heterocycles. The van der Waals surface area contributed by atoms with Crippen LogP contribution in [0.15, 0.2) is 24.4 Å². The lowest BCUT2D eigenvalue weighted by Gasteiger charge is -2.13. The van der Waals surface area contributed by atoms with Crippen molar-refractivity contribution in [3.05, 3.63) is 35.8 Å². The van der Waals surface area contributed by atoms with Gasteiger partial charge in [0.05, 0.1) is 0 Å². The molecule has 2 aromatic rings. The molecule has 0 saturated carbocycles. The van der Waals surface area contributed by atoms with Crippen LogP contribution in [-0.2, 0) is 6.42 Å². The van der Waals surface area contributed by atoms with Crippen LogP contribution in [0.4, 0.5) is 9.18 Å². The lowest BCUT2D eigenvalue weighted by atomic mass is 10.1. The highest BCUT2D eigenvalue weighted by molar-refractivity contribution is 5.83. The largest absolute Gasteiger partial charge is 0.396 e. The number of nitrogens with one attached hydrogen (secondary N) is 3. The van der Waals surface area contributed by atoms with Crippen LogP contribution in [0.5, 0.6) is 0 Å². The molecule has 114 valence electrons. The monoisotopic (exact) mass is 293 g/mol. The topological polar surface area (TPSA) is 77.2 Å². The van der Waals surface area contributed by atoms with Crippen LogP contribution < -0.4 is 10.6 Å². The molecule has 1 aromatic carbocycles. The molecule has 2 rings (SSSR count). The molecule has 2 amide bonds. The molecule has 1 heterocycles. The van der Waals surface area contributed by atoms with Gasteiger partial charge in [-0.15, -0.1) is 0 Å². The Kier molecular flexibility index (Phi) is 5.16. The highest BCUT2D eigenvalue weighted by atomic mass is 19.1. The summed E-state index contributed by atoms with van der Waals surface area (Å²) in [5, 5.41) is 15.1. The highest BCUT2D eigenvalue weighted by Crippen LogP contribution is 2.19. The number of carbonyl (C=O) groups is 1. The maximum absolute atomic E-state index is 13.2. The number of aliphatic hydroxyl groups excluding tert-OH is 1. The van der Waals surface area contributed by atoms with Gasteiger partial charge in [-0.05, 0) is 43.5 Å². The van der Waals surface area contributed by atoms with E-state index in [1.807, 2.05) is 13.1 Å². The summed E-state index contributed by atoms with van der Waals surface area (Å²) in [5.74, 6) is -0.271. The number of benzene rings is 1. The molecule has 0 fully saturated rings. The minimum atomic E-state index is -0.271. The first-order valence-corrected chi connectivity index (χ1v) is 7.01. The zero-order valence-corrected chi connectivity index (χ0v) is 11.9. The summed E-state index contributed by atoms with van der Waals surface area (Å²) in [6.45, 7) is 2.34. The standard InChI is InChI=1S/C15H20FN3O2/c1-10(5-7-20)19-15(21)17-6-4-11-9-18-14-3-2-12(16)8-13(11)14/h2-3,8-10,18,20H,4-7H2,1H3,(H2,17,19,21)/t10-/m1/s1. The summed E-state index contributed by atoms with van der Waals surface area (Å²) >= 11 is 0. The maximum Gasteiger partial charge on any atom is 0.315 e. The fourth-order valence-electron chi connectivity index (χ4n) is 2.21. The Morgan fingerprint density at radius 2 is 2.29 bits per heavy atom. The molecule has 21 heavy (non-hydrogen) atoms. The summed E-state index contributed by atoms with van der Waals surface area (Å²) in [5.41, 5.74) is 1.85. The van der Waals surface area contributed by atoms with E-state index in [2.05, 4.69) is 15.6 Å². The quantitative estimate of drug-likeness (QED) is 0.656. The van der Waals surface area contributed by atoms with Gasteiger partial charge in [-0.25, -0.2) is 9.18 Å². The molecule has 0 aliphatic carbocycles. The van der Waals surface area contributed by atoms with Crippen molar-refractivity contribution in [2.45, 2.75) is 25.8 Å². The van der Waals surface area contributed by atoms with Gasteiger partial charge >= 0.3 is 6.03 Å². The molecule has 0 aliphatic rings. The molecule has 5 nitrogen and oxygen atoms in total. The van der Waals surface area contributed by atoms with Gasteiger partial charge in [0.2, 0.25) is 0 Å². The van der Waals surface area contributed by atoms with Crippen LogP contribution in [0.1, 0.15) is 18.9 Å². The Hall–Kier alpha value is -2.08. The third-order valence-electron chi connectivity index (χ3n) is 3.35. The summed E-state index contributed by atoms with van der Waals surface area (Å²) in [4.78, 5) is 14.7. The first kappa shape index (κ1) is 15.3. The number of fused-ring (bicyclic) bond motifs is 1. The SMILES string of the molecule is C[C@H](CCO)NC(=O)NCCc1c[nH]c2ccc(F)cc12. The molecule has 0 spiro atoms. The Balaban J connectivity index is 1.85. The van der Waals surface area contributed by atoms with E-state index < -0.39 is 0 Å². The van der Waals surface area contributed by atoms with Gasteiger partial charge < -0.3 is 20.7 Å². The van der Waals surface area contributed by atoms with Crippen molar-refractivity contribution < 1.29 is 14.3 Å². The molecule has 0 unspecified atom stereocenters. The second kappa shape index (κ2) is 7.08. The Bertz CT molecular complexity index is 612. The maximum atomic E-state index is 13.2. The Labute approximate surface area is 122 Å². The molecule has 6 heteroatoms. The van der Waals surface area contributed by atoms with Gasteiger partial charge in [-0.2, -0.15) is 0 Å². The van der Waals surface area contributed by atoms with Gasteiger partial charge in [0.15, 0.2) is 0 Å². The number of hydrogen-bond donors (Lipinski definition) is 4. The van der Waals surface area contributed by atoms with E-state index in [9.17, 15) is 9.18 Å². The van der Waals surface area contributed by atoms with Crippen LogP contribution >= 0.6 is 0 Å². The van der Waals surface area contributed by atoms with Crippen molar-refractivity contribution in [2.75, 3.05) is 13.2 Å². The predicted octanol–water partition coefficient (Wildman–Crippen LogP) is 1.92. The number of aromatic amines is 1. The minimum absolute atomic E-state index is 0.0440. The van der Waals surface area contributed by atoms with E-state index in [1.54, 1.807) is 6.07 Å². The Morgan fingerprint density at radius 1 is 1.48 bits per heavy atom. The van der Waals surface area contributed by atoms with Crippen molar-refractivity contribution in [2.24, 2.45) is 0 Å². The molecular formula is C15H20FN3O2. The van der Waals surface area contributed by atoms with Gasteiger partial charge in [0.25, 0.3) is 0 Å². The number of carbonyl (C=O) groups excluding carboxylic acids is 1. The van der Waals surface area contributed by atoms with Crippen LogP contribution in [0.25, 0.3) is 10.9 Å². The third kappa shape index (κ3) is 4.19. The second-order valence-corrected chi connectivity index (χ2v) is 5.07. The lowest BCUT2D eigenvalue weighted by Crippen LogP contribution is -2.41. The zero-order valence-electron chi connectivity index (χ0n) is 11.9. The molecular weight excluding hydrogens is 273 g/mol. The number of amides is 2. The number of aromatic nitrogens is 1. The van der Waals surface area contributed by atoms with Gasteiger partial charge in [0.1, 0.15) is 5.82 Å². The number of halogens is 1. The molecule has 0 bridgehead atoms. The van der Waals surface area contributed by atoms with E-state index in [4.69, 9.17) is 5.11 Å². The fraction of sp³-hybridized carbons (Fsp3) is 0.400. The number of H-pyrrole nitrogens is 1. The predicted molar refractivity (Wildman–Crippen MR) is 79.7 cm³/mol. The summed E-state index contributed by atoms with van der Waals surface area (Å²) < 4.78 is 13.2. The van der Waals surface area contributed by atoms with Gasteiger partial charge in [-0.3, -0.25) is 0 Å². The van der Waals surface area contributed by atoms with Gasteiger partial charge in [-0.1, -0.05) is 0 Å². The zero-order chi connectivity index (χ0) is 15.2. The number of hydrogen-bond acceptors (Lipinski definition) is 2. The van der Waals surface area contributed by atoms with Crippen LogP contribution in [0.3, 0.4) is 0 Å². The van der Waals surface area contributed by atoms with E-state index in [0.29, 0.717) is 19.4 Å². The smallest absolute Gasteiger partial charge is 0.315 e. The lowest BCUT2D eigenvalue weighted by molar-refractivity contribution is 0.231. The van der Waals surface area contributed by atoms with Crippen LogP contribution in [0.2, 0.25) is 0 Å². The number of urea groups is 1. The van der Waals surface area contributed by atoms with Crippen molar-refractivity contribution in [1.29, 1.82) is 0 Å². The van der Waals surface area contributed by atoms with Crippen molar-refractivity contribution in [3.63, 3.8) is 0 Å². The first-order valence-electron chi connectivity index (χ1n) is 7.01. The van der Waals surface area contributed by atoms with Crippen molar-refractivity contribution in [1.82, 2.24) is 15.6 Å². The van der Waals surface area contributed by atoms with Gasteiger partial charge in [0, 0.05) is 36.3 Å². The number of aliphatic hydroxyl groups is 1. The molecule has 1 aromatic heterocycles. The number of rotatable bonds is 6. The van der Waals surface area contributed by atoms with Crippen LogP contribution in [0, 0.1) is 5.82 Å².